The predicted molar refractivity (Wildman–Crippen MR) is 106 cm³/mol. The molecule has 1 amide bonds. The Morgan fingerprint density at radius 3 is 2.37 bits per heavy atom. The van der Waals surface area contributed by atoms with Gasteiger partial charge in [0.15, 0.2) is 0 Å². The maximum absolute atomic E-state index is 12.8. The van der Waals surface area contributed by atoms with E-state index in [-0.39, 0.29) is 5.75 Å². The molecule has 9 heteroatoms. The Morgan fingerprint density at radius 1 is 1.20 bits per heavy atom. The van der Waals surface area contributed by atoms with Crippen molar-refractivity contribution >= 4 is 17.7 Å². The summed E-state index contributed by atoms with van der Waals surface area (Å²) in [6, 6.07) is 5.67. The van der Waals surface area contributed by atoms with Crippen molar-refractivity contribution in [2.45, 2.75) is 57.5 Å². The first-order chi connectivity index (χ1) is 13.9. The molecule has 1 aliphatic carbocycles. The fourth-order valence-electron chi connectivity index (χ4n) is 3.76. The van der Waals surface area contributed by atoms with Crippen molar-refractivity contribution in [3.05, 3.63) is 58.4 Å². The summed E-state index contributed by atoms with van der Waals surface area (Å²) in [5.74, 6) is 0.278. The monoisotopic (exact) mass is 442 g/mol. The molecule has 1 N–H and O–H groups in total. The van der Waals surface area contributed by atoms with Gasteiger partial charge in [-0.2, -0.15) is 13.2 Å². The molecule has 1 aliphatic rings. The summed E-state index contributed by atoms with van der Waals surface area (Å²) in [4.78, 5) is 17.7. The maximum atomic E-state index is 12.8. The van der Waals surface area contributed by atoms with E-state index >= 15 is 0 Å². The van der Waals surface area contributed by atoms with E-state index in [9.17, 15) is 23.1 Å². The van der Waals surface area contributed by atoms with Crippen LogP contribution in [0.4, 0.5) is 18.0 Å². The van der Waals surface area contributed by atoms with Crippen LogP contribution in [-0.4, -0.2) is 26.6 Å². The highest BCUT2D eigenvalue weighted by Crippen LogP contribution is 2.43. The Balaban J connectivity index is 1.93. The zero-order valence-corrected chi connectivity index (χ0v) is 17.5. The van der Waals surface area contributed by atoms with Gasteiger partial charge in [0.05, 0.1) is 22.3 Å². The highest BCUT2D eigenvalue weighted by atomic mass is 35.5. The Bertz CT molecular complexity index is 927. The zero-order chi connectivity index (χ0) is 22.3. The number of carbonyl (C=O) groups is 1. The highest BCUT2D eigenvalue weighted by Gasteiger charge is 2.40. The van der Waals surface area contributed by atoms with E-state index in [4.69, 9.17) is 16.3 Å². The van der Waals surface area contributed by atoms with Gasteiger partial charge in [-0.25, -0.2) is 4.79 Å². The number of nitrogens with zero attached hydrogens (tertiary/aromatic N) is 2. The lowest BCUT2D eigenvalue weighted by Crippen LogP contribution is -2.48. The average Bonchev–Trinajstić information content (AvgIpc) is 2.61. The molecule has 2 unspecified atom stereocenters. The Labute approximate surface area is 177 Å². The molecule has 0 radical (unpaired) electrons. The third kappa shape index (κ3) is 4.64. The number of fused-ring (bicyclic) bond motifs is 1. The topological polar surface area (TPSA) is 62.7 Å². The first kappa shape index (κ1) is 22.2. The van der Waals surface area contributed by atoms with Crippen molar-refractivity contribution in [1.82, 2.24) is 9.88 Å². The molecule has 0 fully saturated rings. The summed E-state index contributed by atoms with van der Waals surface area (Å²) in [6.07, 6.45) is -3.64. The van der Waals surface area contributed by atoms with E-state index < -0.39 is 35.5 Å². The van der Waals surface area contributed by atoms with E-state index in [0.29, 0.717) is 29.1 Å². The molecule has 0 spiro atoms. The standard InChI is InChI=1S/C21H22ClF3N2O3/c1-20(2,3)27(19(28)29)16-8-9-17(18-15(16)10-13(22)11-26-18)30-14-6-4-12(5-7-14)21(23,24)25/h4-7,10-11,16-17H,8-9H2,1-3H3,(H,28,29). The van der Waals surface area contributed by atoms with Crippen LogP contribution in [0, 0.1) is 0 Å². The van der Waals surface area contributed by atoms with Crippen LogP contribution in [0.2, 0.25) is 5.02 Å². The normalized spacial score (nSPS) is 19.2. The third-order valence-corrected chi connectivity index (χ3v) is 5.19. The summed E-state index contributed by atoms with van der Waals surface area (Å²) >= 11 is 6.13. The fourth-order valence-corrected chi connectivity index (χ4v) is 3.93. The summed E-state index contributed by atoms with van der Waals surface area (Å²) in [5, 5.41) is 10.2. The largest absolute Gasteiger partial charge is 0.484 e. The molecule has 2 atom stereocenters. The van der Waals surface area contributed by atoms with Crippen molar-refractivity contribution in [2.75, 3.05) is 0 Å². The van der Waals surface area contributed by atoms with Gasteiger partial charge in [-0.05, 0) is 63.9 Å². The Morgan fingerprint density at radius 2 is 1.83 bits per heavy atom. The minimum atomic E-state index is -4.42. The molecule has 1 aromatic heterocycles. The molecule has 30 heavy (non-hydrogen) atoms. The van der Waals surface area contributed by atoms with Crippen LogP contribution in [0.15, 0.2) is 36.5 Å². The lowest BCUT2D eigenvalue weighted by atomic mass is 9.86. The first-order valence-electron chi connectivity index (χ1n) is 9.39. The molecule has 0 saturated carbocycles. The highest BCUT2D eigenvalue weighted by molar-refractivity contribution is 6.30. The van der Waals surface area contributed by atoms with Gasteiger partial charge in [-0.15, -0.1) is 0 Å². The van der Waals surface area contributed by atoms with Crippen LogP contribution >= 0.6 is 11.6 Å². The average molecular weight is 443 g/mol. The summed E-state index contributed by atoms with van der Waals surface area (Å²) < 4.78 is 44.3. The number of hydrogen-bond acceptors (Lipinski definition) is 3. The summed E-state index contributed by atoms with van der Waals surface area (Å²) in [6.45, 7) is 5.43. The molecule has 2 aromatic rings. The fraction of sp³-hybridized carbons (Fsp3) is 0.429. The van der Waals surface area contributed by atoms with Crippen LogP contribution in [0.3, 0.4) is 0 Å². The predicted octanol–water partition coefficient (Wildman–Crippen LogP) is 6.49. The molecule has 0 saturated heterocycles. The molecular formula is C21H22ClF3N2O3. The Hall–Kier alpha value is -2.48. The molecule has 3 rings (SSSR count). The Kier molecular flexibility index (Phi) is 5.91. The maximum Gasteiger partial charge on any atom is 0.416 e. The molecule has 5 nitrogen and oxygen atoms in total. The molecular weight excluding hydrogens is 421 g/mol. The smallest absolute Gasteiger partial charge is 0.416 e. The molecule has 162 valence electrons. The van der Waals surface area contributed by atoms with E-state index in [1.165, 1.54) is 23.2 Å². The molecule has 1 aromatic carbocycles. The van der Waals surface area contributed by atoms with Crippen molar-refractivity contribution in [1.29, 1.82) is 0 Å². The van der Waals surface area contributed by atoms with E-state index in [1.54, 1.807) is 6.07 Å². The number of ether oxygens (including phenoxy) is 1. The van der Waals surface area contributed by atoms with Gasteiger partial charge in [0.2, 0.25) is 0 Å². The van der Waals surface area contributed by atoms with Crippen LogP contribution < -0.4 is 4.74 Å². The number of amides is 1. The molecule has 0 aliphatic heterocycles. The minimum absolute atomic E-state index is 0.278. The third-order valence-electron chi connectivity index (χ3n) is 4.98. The number of pyridine rings is 1. The minimum Gasteiger partial charge on any atom is -0.484 e. The second-order valence-corrected chi connectivity index (χ2v) is 8.61. The van der Waals surface area contributed by atoms with Gasteiger partial charge in [0.1, 0.15) is 11.9 Å². The number of carboxylic acid groups (broad SMARTS) is 1. The summed E-state index contributed by atoms with van der Waals surface area (Å²) in [7, 11) is 0. The lowest BCUT2D eigenvalue weighted by molar-refractivity contribution is -0.137. The van der Waals surface area contributed by atoms with Gasteiger partial charge >= 0.3 is 12.3 Å². The number of rotatable bonds is 3. The van der Waals surface area contributed by atoms with Gasteiger partial charge < -0.3 is 9.84 Å². The SMILES string of the molecule is CC(C)(C)N(C(=O)O)C1CCC(Oc2ccc(C(F)(F)F)cc2)c2ncc(Cl)cc21. The lowest BCUT2D eigenvalue weighted by Gasteiger charge is -2.43. The van der Waals surface area contributed by atoms with Gasteiger partial charge in [0, 0.05) is 17.3 Å². The van der Waals surface area contributed by atoms with Crippen molar-refractivity contribution < 1.29 is 27.8 Å². The van der Waals surface area contributed by atoms with Crippen molar-refractivity contribution in [3.63, 3.8) is 0 Å². The molecule has 0 bridgehead atoms. The number of aromatic nitrogens is 1. The quantitative estimate of drug-likeness (QED) is 0.590. The van der Waals surface area contributed by atoms with Crippen molar-refractivity contribution in [3.8, 4) is 5.75 Å². The van der Waals surface area contributed by atoms with Crippen LogP contribution in [0.5, 0.6) is 5.75 Å². The number of halogens is 4. The van der Waals surface area contributed by atoms with Crippen LogP contribution in [0.25, 0.3) is 0 Å². The van der Waals surface area contributed by atoms with E-state index in [2.05, 4.69) is 4.98 Å². The van der Waals surface area contributed by atoms with Crippen molar-refractivity contribution in [2.24, 2.45) is 0 Å². The van der Waals surface area contributed by atoms with Gasteiger partial charge in [-0.1, -0.05) is 11.6 Å². The second kappa shape index (κ2) is 7.98. The van der Waals surface area contributed by atoms with Crippen LogP contribution in [-0.2, 0) is 6.18 Å². The van der Waals surface area contributed by atoms with Gasteiger partial charge in [0.25, 0.3) is 0 Å². The summed E-state index contributed by atoms with van der Waals surface area (Å²) in [5.41, 5.74) is -0.239. The van der Waals surface area contributed by atoms with Crippen LogP contribution in [0.1, 0.15) is 62.6 Å². The number of hydrogen-bond donors (Lipinski definition) is 1. The second-order valence-electron chi connectivity index (χ2n) is 8.17. The van der Waals surface area contributed by atoms with Gasteiger partial charge in [-0.3, -0.25) is 9.88 Å². The van der Waals surface area contributed by atoms with E-state index in [0.717, 1.165) is 12.1 Å². The number of benzene rings is 1. The molecule has 1 heterocycles. The first-order valence-corrected chi connectivity index (χ1v) is 9.77. The number of alkyl halides is 3. The zero-order valence-electron chi connectivity index (χ0n) is 16.7. The van der Waals surface area contributed by atoms with E-state index in [1.807, 2.05) is 20.8 Å².